The van der Waals surface area contributed by atoms with E-state index in [9.17, 15) is 4.39 Å². The van der Waals surface area contributed by atoms with Gasteiger partial charge in [-0.2, -0.15) is 9.61 Å². The molecule has 0 amide bonds. The van der Waals surface area contributed by atoms with E-state index in [0.717, 1.165) is 17.0 Å². The molecule has 0 aliphatic rings. The monoisotopic (exact) mass is 337 g/mol. The fourth-order valence-electron chi connectivity index (χ4n) is 2.24. The Bertz CT molecular complexity index is 969. The highest BCUT2D eigenvalue weighted by Crippen LogP contribution is 2.22. The summed E-state index contributed by atoms with van der Waals surface area (Å²) in [5.41, 5.74) is 3.24. The number of nitrogens with zero attached hydrogens (tertiary/aromatic N) is 5. The summed E-state index contributed by atoms with van der Waals surface area (Å²) in [5, 5.41) is 13.6. The lowest BCUT2D eigenvalue weighted by atomic mass is 10.2. The van der Waals surface area contributed by atoms with Crippen molar-refractivity contribution >= 4 is 17.4 Å². The molecule has 24 heavy (non-hydrogen) atoms. The van der Waals surface area contributed by atoms with Crippen molar-refractivity contribution in [2.24, 2.45) is 0 Å². The molecule has 0 fully saturated rings. The van der Waals surface area contributed by atoms with Gasteiger partial charge in [-0.25, -0.2) is 4.39 Å². The predicted octanol–water partition coefficient (Wildman–Crippen LogP) is 3.62. The highest BCUT2D eigenvalue weighted by molar-refractivity contribution is 7.98. The first-order valence-corrected chi connectivity index (χ1v) is 8.29. The van der Waals surface area contributed by atoms with E-state index in [-0.39, 0.29) is 5.82 Å². The Kier molecular flexibility index (Phi) is 3.92. The number of rotatable bonds is 4. The maximum Gasteiger partial charge on any atom is 0.212 e. The Morgan fingerprint density at radius 2 is 1.79 bits per heavy atom. The van der Waals surface area contributed by atoms with E-state index in [1.807, 2.05) is 30.3 Å². The highest BCUT2D eigenvalue weighted by atomic mass is 32.2. The van der Waals surface area contributed by atoms with Crippen molar-refractivity contribution in [2.45, 2.75) is 10.9 Å². The first-order chi connectivity index (χ1) is 11.8. The third kappa shape index (κ3) is 2.98. The van der Waals surface area contributed by atoms with Crippen molar-refractivity contribution in [3.63, 3.8) is 0 Å². The lowest BCUT2D eigenvalue weighted by molar-refractivity contribution is 0.627. The smallest absolute Gasteiger partial charge is 0.212 e. The number of pyridine rings is 1. The zero-order valence-electron chi connectivity index (χ0n) is 12.5. The SMILES string of the molecule is Fc1ccc(CSc2nnc3ccc(-c4ccccn4)nn23)cc1. The van der Waals surface area contributed by atoms with Gasteiger partial charge in [-0.05, 0) is 42.0 Å². The van der Waals surface area contributed by atoms with Crippen LogP contribution in [0.2, 0.25) is 0 Å². The molecule has 0 atom stereocenters. The summed E-state index contributed by atoms with van der Waals surface area (Å²) >= 11 is 1.50. The standard InChI is InChI=1S/C17H12FN5S/c18-13-6-4-12(5-7-13)11-24-17-21-20-16-9-8-15(22-23(16)17)14-3-1-2-10-19-14/h1-10H,11H2. The molecule has 7 heteroatoms. The van der Waals surface area contributed by atoms with Crippen LogP contribution in [-0.2, 0) is 5.75 Å². The molecule has 0 aliphatic carbocycles. The van der Waals surface area contributed by atoms with Crippen LogP contribution in [0.4, 0.5) is 4.39 Å². The second kappa shape index (κ2) is 6.37. The number of hydrogen-bond acceptors (Lipinski definition) is 5. The average molecular weight is 337 g/mol. The summed E-state index contributed by atoms with van der Waals surface area (Å²) in [6.07, 6.45) is 1.73. The minimum atomic E-state index is -0.238. The molecule has 0 N–H and O–H groups in total. The maximum absolute atomic E-state index is 13.0. The number of halogens is 1. The van der Waals surface area contributed by atoms with Crippen LogP contribution in [-0.4, -0.2) is 24.8 Å². The largest absolute Gasteiger partial charge is 0.255 e. The summed E-state index contributed by atoms with van der Waals surface area (Å²) < 4.78 is 14.7. The Morgan fingerprint density at radius 1 is 0.917 bits per heavy atom. The zero-order valence-corrected chi connectivity index (χ0v) is 13.3. The van der Waals surface area contributed by atoms with Crippen molar-refractivity contribution in [1.29, 1.82) is 0 Å². The summed E-state index contributed by atoms with van der Waals surface area (Å²) in [6.45, 7) is 0. The highest BCUT2D eigenvalue weighted by Gasteiger charge is 2.10. The molecule has 0 unspecified atom stereocenters. The first-order valence-electron chi connectivity index (χ1n) is 7.31. The van der Waals surface area contributed by atoms with E-state index in [4.69, 9.17) is 0 Å². The molecule has 118 valence electrons. The molecule has 4 aromatic rings. The molecule has 0 bridgehead atoms. The molecule has 3 heterocycles. The van der Waals surface area contributed by atoms with Gasteiger partial charge in [0.1, 0.15) is 11.5 Å². The third-order valence-electron chi connectivity index (χ3n) is 3.44. The van der Waals surface area contributed by atoms with Crippen LogP contribution in [0.25, 0.3) is 17.0 Å². The molecule has 0 spiro atoms. The van der Waals surface area contributed by atoms with Gasteiger partial charge in [-0.3, -0.25) is 4.98 Å². The van der Waals surface area contributed by atoms with Crippen LogP contribution >= 0.6 is 11.8 Å². The van der Waals surface area contributed by atoms with Crippen LogP contribution in [0.15, 0.2) is 66.0 Å². The quantitative estimate of drug-likeness (QED) is 0.532. The van der Waals surface area contributed by atoms with Gasteiger partial charge in [0.25, 0.3) is 0 Å². The minimum absolute atomic E-state index is 0.238. The van der Waals surface area contributed by atoms with Crippen molar-refractivity contribution in [1.82, 2.24) is 24.8 Å². The third-order valence-corrected chi connectivity index (χ3v) is 4.43. The van der Waals surface area contributed by atoms with Gasteiger partial charge in [-0.15, -0.1) is 10.2 Å². The van der Waals surface area contributed by atoms with Crippen LogP contribution in [0.1, 0.15) is 5.56 Å². The van der Waals surface area contributed by atoms with Crippen molar-refractivity contribution in [2.75, 3.05) is 0 Å². The van der Waals surface area contributed by atoms with Crippen LogP contribution in [0, 0.1) is 5.82 Å². The van der Waals surface area contributed by atoms with Crippen LogP contribution in [0.3, 0.4) is 0 Å². The normalized spacial score (nSPS) is 11.0. The lowest BCUT2D eigenvalue weighted by Gasteiger charge is -2.03. The number of benzene rings is 1. The van der Waals surface area contributed by atoms with E-state index in [1.165, 1.54) is 23.9 Å². The summed E-state index contributed by atoms with van der Waals surface area (Å²) in [4.78, 5) is 4.31. The fourth-order valence-corrected chi connectivity index (χ4v) is 3.08. The number of hydrogen-bond donors (Lipinski definition) is 0. The topological polar surface area (TPSA) is 56.0 Å². The van der Waals surface area contributed by atoms with E-state index in [2.05, 4.69) is 20.3 Å². The molecule has 1 aromatic carbocycles. The maximum atomic E-state index is 13.0. The second-order valence-corrected chi connectivity index (χ2v) is 6.04. The Labute approximate surface area is 141 Å². The van der Waals surface area contributed by atoms with Gasteiger partial charge in [0, 0.05) is 11.9 Å². The van der Waals surface area contributed by atoms with Crippen LogP contribution < -0.4 is 0 Å². The Balaban J connectivity index is 1.62. The van der Waals surface area contributed by atoms with Gasteiger partial charge in [0.05, 0.1) is 5.69 Å². The van der Waals surface area contributed by atoms with Gasteiger partial charge in [0.2, 0.25) is 5.16 Å². The van der Waals surface area contributed by atoms with E-state index in [0.29, 0.717) is 16.6 Å². The lowest BCUT2D eigenvalue weighted by Crippen LogP contribution is -1.97. The molecule has 5 nitrogen and oxygen atoms in total. The molecular weight excluding hydrogens is 325 g/mol. The average Bonchev–Trinajstić information content (AvgIpc) is 3.04. The van der Waals surface area contributed by atoms with Gasteiger partial charge >= 0.3 is 0 Å². The molecule has 3 aromatic heterocycles. The van der Waals surface area contributed by atoms with Crippen molar-refractivity contribution in [3.8, 4) is 11.4 Å². The zero-order chi connectivity index (χ0) is 16.4. The number of thioether (sulfide) groups is 1. The number of aromatic nitrogens is 5. The van der Waals surface area contributed by atoms with Gasteiger partial charge in [0.15, 0.2) is 5.65 Å². The molecule has 0 saturated carbocycles. The summed E-state index contributed by atoms with van der Waals surface area (Å²) in [6, 6.07) is 15.9. The predicted molar refractivity (Wildman–Crippen MR) is 90.0 cm³/mol. The molecule has 0 aliphatic heterocycles. The molecule has 0 radical (unpaired) electrons. The summed E-state index contributed by atoms with van der Waals surface area (Å²) in [7, 11) is 0. The van der Waals surface area contributed by atoms with E-state index < -0.39 is 0 Å². The van der Waals surface area contributed by atoms with Gasteiger partial charge < -0.3 is 0 Å². The minimum Gasteiger partial charge on any atom is -0.255 e. The van der Waals surface area contributed by atoms with E-state index in [1.54, 1.807) is 22.8 Å². The van der Waals surface area contributed by atoms with Gasteiger partial charge in [-0.1, -0.05) is 30.0 Å². The number of fused-ring (bicyclic) bond motifs is 1. The Hall–Kier alpha value is -2.80. The molecule has 4 rings (SSSR count). The summed E-state index contributed by atoms with van der Waals surface area (Å²) in [5.74, 6) is 0.426. The molecule has 0 saturated heterocycles. The van der Waals surface area contributed by atoms with Crippen molar-refractivity contribution in [3.05, 3.63) is 72.2 Å². The van der Waals surface area contributed by atoms with Crippen molar-refractivity contribution < 1.29 is 4.39 Å². The molecular formula is C17H12FN5S. The first kappa shape index (κ1) is 14.8. The Morgan fingerprint density at radius 3 is 2.58 bits per heavy atom. The van der Waals surface area contributed by atoms with Crippen LogP contribution in [0.5, 0.6) is 0 Å². The second-order valence-electron chi connectivity index (χ2n) is 5.10. The van der Waals surface area contributed by atoms with E-state index >= 15 is 0 Å². The fraction of sp³-hybridized carbons (Fsp3) is 0.0588.